The third-order valence-electron chi connectivity index (χ3n) is 4.85. The van der Waals surface area contributed by atoms with Crippen LogP contribution in [0.15, 0.2) is 42.5 Å². The van der Waals surface area contributed by atoms with Crippen LogP contribution in [-0.4, -0.2) is 23.9 Å². The molecule has 1 saturated heterocycles. The summed E-state index contributed by atoms with van der Waals surface area (Å²) in [6.07, 6.45) is 1.98. The van der Waals surface area contributed by atoms with Gasteiger partial charge in [-0.05, 0) is 43.0 Å². The molecule has 7 heteroatoms. The number of nitro benzene ring substituents is 1. The number of nitrogens with zero attached hydrogens (tertiary/aromatic N) is 3. The molecule has 0 saturated carbocycles. The predicted molar refractivity (Wildman–Crippen MR) is 103 cm³/mol. The van der Waals surface area contributed by atoms with Gasteiger partial charge in [-0.2, -0.15) is 5.26 Å². The molecule has 1 amide bonds. The van der Waals surface area contributed by atoms with Crippen molar-refractivity contribution in [2.45, 2.75) is 19.8 Å². The highest BCUT2D eigenvalue weighted by Crippen LogP contribution is 2.32. The van der Waals surface area contributed by atoms with Gasteiger partial charge < -0.3 is 10.2 Å². The van der Waals surface area contributed by atoms with Gasteiger partial charge in [0.25, 0.3) is 11.6 Å². The molecule has 1 heterocycles. The highest BCUT2D eigenvalue weighted by molar-refractivity contribution is 6.05. The van der Waals surface area contributed by atoms with Gasteiger partial charge in [-0.1, -0.05) is 19.1 Å². The van der Waals surface area contributed by atoms with Crippen molar-refractivity contribution in [3.63, 3.8) is 0 Å². The van der Waals surface area contributed by atoms with Crippen molar-refractivity contribution in [3.05, 3.63) is 63.7 Å². The number of amides is 1. The Bertz CT molecular complexity index is 912. The lowest BCUT2D eigenvalue weighted by Crippen LogP contribution is -2.33. The molecule has 138 valence electrons. The molecule has 0 spiro atoms. The first-order valence-electron chi connectivity index (χ1n) is 8.83. The Kier molecular flexibility index (Phi) is 5.36. The lowest BCUT2D eigenvalue weighted by atomic mass is 9.98. The van der Waals surface area contributed by atoms with Gasteiger partial charge in [0, 0.05) is 24.7 Å². The highest BCUT2D eigenvalue weighted by Gasteiger charge is 2.25. The number of rotatable bonds is 4. The fourth-order valence-corrected chi connectivity index (χ4v) is 3.21. The summed E-state index contributed by atoms with van der Waals surface area (Å²) in [5, 5.41) is 23.3. The average Bonchev–Trinajstić information content (AvgIpc) is 2.68. The van der Waals surface area contributed by atoms with Gasteiger partial charge in [-0.15, -0.1) is 0 Å². The molecule has 2 aromatic rings. The molecule has 0 atom stereocenters. The molecule has 1 aliphatic rings. The van der Waals surface area contributed by atoms with E-state index in [9.17, 15) is 14.9 Å². The van der Waals surface area contributed by atoms with Gasteiger partial charge in [0.05, 0.1) is 16.2 Å². The normalized spacial score (nSPS) is 14.4. The van der Waals surface area contributed by atoms with E-state index in [2.05, 4.69) is 12.2 Å². The molecule has 0 radical (unpaired) electrons. The summed E-state index contributed by atoms with van der Waals surface area (Å²) in [4.78, 5) is 25.7. The second kappa shape index (κ2) is 7.87. The molecule has 0 aromatic heterocycles. The summed E-state index contributed by atoms with van der Waals surface area (Å²) < 4.78 is 0. The van der Waals surface area contributed by atoms with Crippen LogP contribution in [0, 0.1) is 27.4 Å². The lowest BCUT2D eigenvalue weighted by Gasteiger charge is -2.31. The fourth-order valence-electron chi connectivity index (χ4n) is 3.21. The second-order valence-electron chi connectivity index (χ2n) is 6.74. The maximum Gasteiger partial charge on any atom is 0.293 e. The van der Waals surface area contributed by atoms with E-state index in [0.717, 1.165) is 25.9 Å². The summed E-state index contributed by atoms with van der Waals surface area (Å²) in [5.74, 6) is 0.130. The van der Waals surface area contributed by atoms with Crippen LogP contribution in [0.2, 0.25) is 0 Å². The van der Waals surface area contributed by atoms with E-state index in [0.29, 0.717) is 22.9 Å². The van der Waals surface area contributed by atoms with Gasteiger partial charge >= 0.3 is 0 Å². The molecule has 0 unspecified atom stereocenters. The molecule has 0 aliphatic carbocycles. The topological polar surface area (TPSA) is 99.3 Å². The molecule has 7 nitrogen and oxygen atoms in total. The van der Waals surface area contributed by atoms with Crippen LogP contribution < -0.4 is 10.2 Å². The highest BCUT2D eigenvalue weighted by atomic mass is 16.6. The average molecular weight is 364 g/mol. The predicted octanol–water partition coefficient (Wildman–Crippen LogP) is 3.96. The molecular weight excluding hydrogens is 344 g/mol. The van der Waals surface area contributed by atoms with Crippen LogP contribution >= 0.6 is 0 Å². The molecule has 3 rings (SSSR count). The molecule has 1 fully saturated rings. The minimum Gasteiger partial charge on any atom is -0.366 e. The lowest BCUT2D eigenvalue weighted by molar-refractivity contribution is -0.384. The maximum atomic E-state index is 12.5. The van der Waals surface area contributed by atoms with Crippen LogP contribution in [0.25, 0.3) is 0 Å². The van der Waals surface area contributed by atoms with E-state index < -0.39 is 10.8 Å². The minimum absolute atomic E-state index is 0.0780. The number of hydrogen-bond acceptors (Lipinski definition) is 5. The zero-order chi connectivity index (χ0) is 19.4. The summed E-state index contributed by atoms with van der Waals surface area (Å²) in [7, 11) is 0. The number of para-hydroxylation sites is 1. The maximum absolute atomic E-state index is 12.5. The fraction of sp³-hybridized carbons (Fsp3) is 0.300. The number of nitriles is 1. The number of nitrogens with one attached hydrogen (secondary N) is 1. The Hall–Kier alpha value is -3.40. The van der Waals surface area contributed by atoms with E-state index in [1.807, 2.05) is 11.0 Å². The standard InChI is InChI=1S/C20H20N4O3/c1-14-8-10-23(11-9-14)18-7-6-15(12-19(18)24(26)27)20(25)22-17-5-3-2-4-16(17)13-21/h2-7,12,14H,8-11H2,1H3,(H,22,25). The molecule has 1 aliphatic heterocycles. The van der Waals surface area contributed by atoms with E-state index in [1.165, 1.54) is 6.07 Å². The SMILES string of the molecule is CC1CCN(c2ccc(C(=O)Nc3ccccc3C#N)cc2[N+](=O)[O-])CC1. The third kappa shape index (κ3) is 4.06. The number of hydrogen-bond donors (Lipinski definition) is 1. The zero-order valence-electron chi connectivity index (χ0n) is 15.0. The third-order valence-corrected chi connectivity index (χ3v) is 4.85. The first-order chi connectivity index (χ1) is 13.0. The van der Waals surface area contributed by atoms with Crippen molar-refractivity contribution in [1.29, 1.82) is 5.26 Å². The Balaban J connectivity index is 1.86. The van der Waals surface area contributed by atoms with E-state index in [4.69, 9.17) is 5.26 Å². The molecule has 2 aromatic carbocycles. The number of carbonyl (C=O) groups excluding carboxylic acids is 1. The largest absolute Gasteiger partial charge is 0.366 e. The molecule has 0 bridgehead atoms. The van der Waals surface area contributed by atoms with Crippen molar-refractivity contribution in [1.82, 2.24) is 0 Å². The van der Waals surface area contributed by atoms with Crippen molar-refractivity contribution < 1.29 is 9.72 Å². The number of piperidine rings is 1. The zero-order valence-corrected chi connectivity index (χ0v) is 15.0. The second-order valence-corrected chi connectivity index (χ2v) is 6.74. The van der Waals surface area contributed by atoms with Crippen LogP contribution in [0.4, 0.5) is 17.1 Å². The van der Waals surface area contributed by atoms with E-state index >= 15 is 0 Å². The van der Waals surface area contributed by atoms with Crippen LogP contribution in [-0.2, 0) is 0 Å². The van der Waals surface area contributed by atoms with Crippen LogP contribution in [0.3, 0.4) is 0 Å². The van der Waals surface area contributed by atoms with Gasteiger partial charge in [-0.25, -0.2) is 0 Å². The molecule has 27 heavy (non-hydrogen) atoms. The summed E-state index contributed by atoms with van der Waals surface area (Å²) in [6.45, 7) is 3.71. The van der Waals surface area contributed by atoms with Crippen LogP contribution in [0.1, 0.15) is 35.7 Å². The van der Waals surface area contributed by atoms with E-state index in [-0.39, 0.29) is 11.3 Å². The monoisotopic (exact) mass is 364 g/mol. The van der Waals surface area contributed by atoms with Gasteiger partial charge in [0.15, 0.2) is 0 Å². The smallest absolute Gasteiger partial charge is 0.293 e. The molecular formula is C20H20N4O3. The molecule has 1 N–H and O–H groups in total. The first-order valence-corrected chi connectivity index (χ1v) is 8.83. The first kappa shape index (κ1) is 18.4. The van der Waals surface area contributed by atoms with Gasteiger partial charge in [-0.3, -0.25) is 14.9 Å². The van der Waals surface area contributed by atoms with Gasteiger partial charge in [0.1, 0.15) is 11.8 Å². The number of anilines is 2. The van der Waals surface area contributed by atoms with Crippen molar-refractivity contribution in [2.24, 2.45) is 5.92 Å². The van der Waals surface area contributed by atoms with Gasteiger partial charge in [0.2, 0.25) is 0 Å². The van der Waals surface area contributed by atoms with E-state index in [1.54, 1.807) is 36.4 Å². The summed E-state index contributed by atoms with van der Waals surface area (Å²) >= 11 is 0. The number of benzene rings is 2. The van der Waals surface area contributed by atoms with Crippen molar-refractivity contribution in [2.75, 3.05) is 23.3 Å². The quantitative estimate of drug-likeness (QED) is 0.654. The summed E-state index contributed by atoms with van der Waals surface area (Å²) in [5.41, 5.74) is 1.36. The minimum atomic E-state index is -0.486. The van der Waals surface area contributed by atoms with Crippen LogP contribution in [0.5, 0.6) is 0 Å². The number of nitro groups is 1. The summed E-state index contributed by atoms with van der Waals surface area (Å²) in [6, 6.07) is 13.2. The van der Waals surface area contributed by atoms with Crippen molar-refractivity contribution >= 4 is 23.0 Å². The Morgan fingerprint density at radius 1 is 1.26 bits per heavy atom. The Morgan fingerprint density at radius 2 is 1.96 bits per heavy atom. The van der Waals surface area contributed by atoms with Crippen molar-refractivity contribution in [3.8, 4) is 6.07 Å². The Labute approximate surface area is 157 Å². The Morgan fingerprint density at radius 3 is 2.63 bits per heavy atom. The number of carbonyl (C=O) groups is 1.